The molecule has 0 radical (unpaired) electrons. The molecule has 2 unspecified atom stereocenters. The molecular weight excluding hydrogens is 335 g/mol. The molecule has 1 heterocycles. The lowest BCUT2D eigenvalue weighted by Gasteiger charge is -2.19. The molecule has 21 heavy (non-hydrogen) atoms. The Morgan fingerprint density at radius 2 is 1.71 bits per heavy atom. The number of alkyl halides is 3. The number of aliphatic hydroxyl groups is 2. The van der Waals surface area contributed by atoms with Gasteiger partial charge in [0.05, 0.1) is 22.7 Å². The van der Waals surface area contributed by atoms with Gasteiger partial charge in [0.2, 0.25) is 10.0 Å². The molecule has 0 aliphatic carbocycles. The number of aliphatic hydroxyl groups excluding tert-OH is 2. The highest BCUT2D eigenvalue weighted by Gasteiger charge is 2.43. The fourth-order valence-electron chi connectivity index (χ4n) is 2.02. The molecule has 0 spiro atoms. The third-order valence-corrected chi connectivity index (χ3v) is 5.22. The van der Waals surface area contributed by atoms with E-state index in [0.29, 0.717) is 10.4 Å². The van der Waals surface area contributed by atoms with Gasteiger partial charge in [-0.2, -0.15) is 17.5 Å². The van der Waals surface area contributed by atoms with Crippen LogP contribution in [0.5, 0.6) is 0 Å². The number of β-amino-alcohol motifs (C(OH)–C–C–N with tert-alkyl or cyclic N) is 2. The molecule has 0 bridgehead atoms. The Morgan fingerprint density at radius 1 is 1.19 bits per heavy atom. The molecule has 118 valence electrons. The number of sulfonamides is 1. The molecule has 2 rings (SSSR count). The second-order valence-electron chi connectivity index (χ2n) is 4.59. The summed E-state index contributed by atoms with van der Waals surface area (Å²) in [5.74, 6) is 0. The summed E-state index contributed by atoms with van der Waals surface area (Å²) in [6, 6.07) is 2.32. The summed E-state index contributed by atoms with van der Waals surface area (Å²) >= 11 is 5.49. The second kappa shape index (κ2) is 5.40. The predicted molar refractivity (Wildman–Crippen MR) is 67.2 cm³/mol. The van der Waals surface area contributed by atoms with E-state index in [1.807, 2.05) is 0 Å². The number of hydrogen-bond acceptors (Lipinski definition) is 4. The Kier molecular flexibility index (Phi) is 4.24. The van der Waals surface area contributed by atoms with E-state index in [0.717, 1.165) is 12.1 Å². The Balaban J connectivity index is 2.51. The standard InChI is InChI=1S/C11H11ClF3NO4S/c12-6-1-2-10(7(3-6)11(13,14)15)21(19,20)16-4-8(17)9(18)5-16/h1-3,8-9,17-18H,4-5H2. The lowest BCUT2D eigenvalue weighted by Crippen LogP contribution is -2.31. The smallest absolute Gasteiger partial charge is 0.389 e. The molecule has 2 N–H and O–H groups in total. The number of halogens is 4. The van der Waals surface area contributed by atoms with Crippen LogP contribution in [0.3, 0.4) is 0 Å². The van der Waals surface area contributed by atoms with Crippen molar-refractivity contribution in [3.05, 3.63) is 28.8 Å². The molecular formula is C11H11ClF3NO4S. The van der Waals surface area contributed by atoms with Crippen LogP contribution in [0.25, 0.3) is 0 Å². The van der Waals surface area contributed by atoms with Gasteiger partial charge in [-0.3, -0.25) is 0 Å². The van der Waals surface area contributed by atoms with E-state index in [4.69, 9.17) is 11.6 Å². The van der Waals surface area contributed by atoms with E-state index in [2.05, 4.69) is 0 Å². The highest BCUT2D eigenvalue weighted by atomic mass is 35.5. The van der Waals surface area contributed by atoms with Crippen LogP contribution in [0, 0.1) is 0 Å². The summed E-state index contributed by atoms with van der Waals surface area (Å²) in [6.45, 7) is -0.938. The van der Waals surface area contributed by atoms with Crippen LogP contribution < -0.4 is 0 Å². The van der Waals surface area contributed by atoms with Gasteiger partial charge in [-0.25, -0.2) is 8.42 Å². The SMILES string of the molecule is O=S(=O)(c1ccc(Cl)cc1C(F)(F)F)N1CC(O)C(O)C1. The molecule has 0 aromatic heterocycles. The fourth-order valence-corrected chi connectivity index (χ4v) is 3.86. The molecule has 1 aromatic carbocycles. The van der Waals surface area contributed by atoms with Crippen LogP contribution in [0.15, 0.2) is 23.1 Å². The van der Waals surface area contributed by atoms with Gasteiger partial charge in [0, 0.05) is 18.1 Å². The van der Waals surface area contributed by atoms with Crippen LogP contribution in [-0.2, 0) is 16.2 Å². The summed E-state index contributed by atoms with van der Waals surface area (Å²) in [6.07, 6.45) is -7.56. The molecule has 1 saturated heterocycles. The van der Waals surface area contributed by atoms with Crippen molar-refractivity contribution in [3.63, 3.8) is 0 Å². The zero-order valence-electron chi connectivity index (χ0n) is 10.4. The number of benzene rings is 1. The Morgan fingerprint density at radius 3 is 2.19 bits per heavy atom. The third kappa shape index (κ3) is 3.16. The molecule has 1 aromatic rings. The van der Waals surface area contributed by atoms with Crippen molar-refractivity contribution in [1.29, 1.82) is 0 Å². The maximum atomic E-state index is 13.0. The highest BCUT2D eigenvalue weighted by molar-refractivity contribution is 7.89. The van der Waals surface area contributed by atoms with Crippen molar-refractivity contribution >= 4 is 21.6 Å². The van der Waals surface area contributed by atoms with Crippen molar-refractivity contribution in [2.24, 2.45) is 0 Å². The normalized spacial score (nSPS) is 24.5. The number of rotatable bonds is 2. The van der Waals surface area contributed by atoms with Gasteiger partial charge in [-0.15, -0.1) is 0 Å². The van der Waals surface area contributed by atoms with Crippen molar-refractivity contribution in [1.82, 2.24) is 4.31 Å². The largest absolute Gasteiger partial charge is 0.417 e. The first-order valence-electron chi connectivity index (χ1n) is 5.76. The van der Waals surface area contributed by atoms with Crippen LogP contribution in [-0.4, -0.2) is 48.2 Å². The van der Waals surface area contributed by atoms with Crippen LogP contribution in [0.2, 0.25) is 5.02 Å². The Labute approximate surface area is 123 Å². The lowest BCUT2D eigenvalue weighted by molar-refractivity contribution is -0.139. The van der Waals surface area contributed by atoms with Gasteiger partial charge in [-0.1, -0.05) is 11.6 Å². The summed E-state index contributed by atoms with van der Waals surface area (Å²) in [4.78, 5) is -0.958. The lowest BCUT2D eigenvalue weighted by atomic mass is 10.2. The van der Waals surface area contributed by atoms with Gasteiger partial charge < -0.3 is 10.2 Å². The van der Waals surface area contributed by atoms with Gasteiger partial charge >= 0.3 is 6.18 Å². The van der Waals surface area contributed by atoms with Gasteiger partial charge in [0.15, 0.2) is 0 Å². The van der Waals surface area contributed by atoms with Crippen molar-refractivity contribution in [2.45, 2.75) is 23.3 Å². The Bertz CT molecular complexity index is 639. The molecule has 0 saturated carbocycles. The first-order chi connectivity index (χ1) is 9.53. The first kappa shape index (κ1) is 16.5. The molecule has 1 fully saturated rings. The van der Waals surface area contributed by atoms with Crippen LogP contribution >= 0.6 is 11.6 Å². The van der Waals surface area contributed by atoms with E-state index in [1.165, 1.54) is 0 Å². The quantitative estimate of drug-likeness (QED) is 0.841. The van der Waals surface area contributed by atoms with E-state index >= 15 is 0 Å². The maximum absolute atomic E-state index is 13.0. The van der Waals surface area contributed by atoms with Crippen molar-refractivity contribution in [3.8, 4) is 0 Å². The van der Waals surface area contributed by atoms with Gasteiger partial charge in [-0.05, 0) is 18.2 Å². The van der Waals surface area contributed by atoms with Gasteiger partial charge in [0.25, 0.3) is 0 Å². The zero-order valence-corrected chi connectivity index (χ0v) is 12.0. The fraction of sp³-hybridized carbons (Fsp3) is 0.455. The van der Waals surface area contributed by atoms with E-state index < -0.39 is 52.0 Å². The maximum Gasteiger partial charge on any atom is 0.417 e. The first-order valence-corrected chi connectivity index (χ1v) is 7.58. The number of hydrogen-bond donors (Lipinski definition) is 2. The monoisotopic (exact) mass is 345 g/mol. The van der Waals surface area contributed by atoms with E-state index in [1.54, 1.807) is 0 Å². The number of nitrogens with zero attached hydrogens (tertiary/aromatic N) is 1. The molecule has 1 aliphatic rings. The molecule has 5 nitrogen and oxygen atoms in total. The topological polar surface area (TPSA) is 77.8 Å². The molecule has 2 atom stereocenters. The van der Waals surface area contributed by atoms with Crippen molar-refractivity contribution < 1.29 is 31.8 Å². The average Bonchev–Trinajstić information content (AvgIpc) is 2.69. The summed E-state index contributed by atoms with van der Waals surface area (Å²) in [5, 5.41) is 18.5. The average molecular weight is 346 g/mol. The minimum absolute atomic E-state index is 0.247. The molecule has 1 aliphatic heterocycles. The van der Waals surface area contributed by atoms with Crippen molar-refractivity contribution in [2.75, 3.05) is 13.1 Å². The van der Waals surface area contributed by atoms with Crippen LogP contribution in [0.4, 0.5) is 13.2 Å². The zero-order chi connectivity index (χ0) is 16.0. The van der Waals surface area contributed by atoms with Gasteiger partial charge in [0.1, 0.15) is 0 Å². The van der Waals surface area contributed by atoms with E-state index in [-0.39, 0.29) is 5.02 Å². The minimum atomic E-state index is -4.90. The second-order valence-corrected chi connectivity index (χ2v) is 6.94. The predicted octanol–water partition coefficient (Wildman–Crippen LogP) is 1.08. The summed E-state index contributed by atoms with van der Waals surface area (Å²) < 4.78 is 64.0. The van der Waals surface area contributed by atoms with Crippen LogP contribution in [0.1, 0.15) is 5.56 Å². The Hall–Kier alpha value is -0.870. The van der Waals surface area contributed by atoms with E-state index in [9.17, 15) is 31.8 Å². The highest BCUT2D eigenvalue weighted by Crippen LogP contribution is 2.37. The third-order valence-electron chi connectivity index (χ3n) is 3.09. The molecule has 0 amide bonds. The summed E-state index contributed by atoms with van der Waals surface area (Å²) in [7, 11) is -4.50. The minimum Gasteiger partial charge on any atom is -0.389 e. The summed E-state index contributed by atoms with van der Waals surface area (Å²) in [5.41, 5.74) is -1.38. The molecule has 10 heteroatoms.